The summed E-state index contributed by atoms with van der Waals surface area (Å²) in [6.07, 6.45) is 2.90. The van der Waals surface area contributed by atoms with Crippen molar-refractivity contribution in [2.24, 2.45) is 0 Å². The topological polar surface area (TPSA) is 106 Å². The number of nitrogens with one attached hydrogen (secondary N) is 2. The number of nitrogens with zero attached hydrogens (tertiary/aromatic N) is 2. The Morgan fingerprint density at radius 1 is 1.14 bits per heavy atom. The van der Waals surface area contributed by atoms with Crippen LogP contribution in [0.25, 0.3) is 10.6 Å². The highest BCUT2D eigenvalue weighted by atomic mass is 32.2. The standard InChI is InChI=1S/C18H22N4O4S2/c1-11(2)25-13-5-7-14(8-6-13)26-18-19-10-17(27-18)16-9-15(20-21-16)12(3)22-28(4,23)24/h5-12,22H,1-4H3,(H,20,21). The Kier molecular flexibility index (Phi) is 6.01. The predicted molar refractivity (Wildman–Crippen MR) is 108 cm³/mol. The number of hydrogen-bond acceptors (Lipinski definition) is 7. The average molecular weight is 423 g/mol. The minimum Gasteiger partial charge on any atom is -0.491 e. The van der Waals surface area contributed by atoms with E-state index in [0.717, 1.165) is 16.9 Å². The number of ether oxygens (including phenoxy) is 2. The van der Waals surface area contributed by atoms with E-state index in [2.05, 4.69) is 19.9 Å². The van der Waals surface area contributed by atoms with Crippen molar-refractivity contribution in [2.75, 3.05) is 6.26 Å². The molecule has 1 unspecified atom stereocenters. The molecular formula is C18H22N4O4S2. The van der Waals surface area contributed by atoms with E-state index in [1.165, 1.54) is 11.3 Å². The highest BCUT2D eigenvalue weighted by Crippen LogP contribution is 2.33. The van der Waals surface area contributed by atoms with E-state index in [0.29, 0.717) is 22.3 Å². The number of sulfonamides is 1. The van der Waals surface area contributed by atoms with Crippen LogP contribution in [0.5, 0.6) is 16.7 Å². The Hall–Kier alpha value is -2.43. The third-order valence-corrected chi connectivity index (χ3v) is 5.27. The molecule has 0 aliphatic heterocycles. The van der Waals surface area contributed by atoms with Crippen molar-refractivity contribution in [1.82, 2.24) is 19.9 Å². The van der Waals surface area contributed by atoms with Gasteiger partial charge in [0, 0.05) is 0 Å². The highest BCUT2D eigenvalue weighted by Gasteiger charge is 2.16. The van der Waals surface area contributed by atoms with E-state index in [1.807, 2.05) is 38.1 Å². The Bertz CT molecular complexity index is 1030. The lowest BCUT2D eigenvalue weighted by atomic mass is 10.2. The summed E-state index contributed by atoms with van der Waals surface area (Å²) in [6.45, 7) is 5.69. The molecule has 0 bridgehead atoms. The second kappa shape index (κ2) is 8.29. The smallest absolute Gasteiger partial charge is 0.279 e. The molecule has 0 aliphatic carbocycles. The van der Waals surface area contributed by atoms with Crippen LogP contribution >= 0.6 is 11.3 Å². The normalized spacial score (nSPS) is 12.9. The number of hydrogen-bond donors (Lipinski definition) is 2. The number of benzene rings is 1. The van der Waals surface area contributed by atoms with E-state index in [9.17, 15) is 8.42 Å². The maximum Gasteiger partial charge on any atom is 0.279 e. The second-order valence-corrected chi connectivity index (χ2v) is 9.32. The van der Waals surface area contributed by atoms with Crippen LogP contribution in [-0.4, -0.2) is 36.0 Å². The maximum absolute atomic E-state index is 11.4. The summed E-state index contributed by atoms with van der Waals surface area (Å²) in [6, 6.07) is 8.72. The van der Waals surface area contributed by atoms with Crippen molar-refractivity contribution < 1.29 is 17.9 Å². The van der Waals surface area contributed by atoms with E-state index in [4.69, 9.17) is 9.47 Å². The van der Waals surface area contributed by atoms with E-state index < -0.39 is 16.1 Å². The van der Waals surface area contributed by atoms with Crippen molar-refractivity contribution in [2.45, 2.75) is 32.9 Å². The van der Waals surface area contributed by atoms with Crippen molar-refractivity contribution in [3.63, 3.8) is 0 Å². The minimum atomic E-state index is -3.30. The molecular weight excluding hydrogens is 400 g/mol. The summed E-state index contributed by atoms with van der Waals surface area (Å²) in [7, 11) is -3.30. The van der Waals surface area contributed by atoms with Crippen LogP contribution in [0.1, 0.15) is 32.5 Å². The molecule has 150 valence electrons. The monoisotopic (exact) mass is 422 g/mol. The number of rotatable bonds is 8. The first-order chi connectivity index (χ1) is 13.2. The highest BCUT2D eigenvalue weighted by molar-refractivity contribution is 7.88. The first kappa shape index (κ1) is 20.3. The van der Waals surface area contributed by atoms with Gasteiger partial charge in [0.05, 0.1) is 35.2 Å². The molecule has 2 aromatic heterocycles. The van der Waals surface area contributed by atoms with E-state index >= 15 is 0 Å². The number of thiazole rings is 1. The van der Waals surface area contributed by atoms with Gasteiger partial charge in [0.2, 0.25) is 10.0 Å². The molecule has 8 nitrogen and oxygen atoms in total. The van der Waals surface area contributed by atoms with Crippen molar-refractivity contribution >= 4 is 21.4 Å². The van der Waals surface area contributed by atoms with Gasteiger partial charge in [-0.15, -0.1) is 0 Å². The zero-order chi connectivity index (χ0) is 20.3. The molecule has 1 aromatic carbocycles. The lowest BCUT2D eigenvalue weighted by Gasteiger charge is -2.09. The molecule has 0 spiro atoms. The third-order valence-electron chi connectivity index (χ3n) is 3.59. The fourth-order valence-electron chi connectivity index (χ4n) is 2.45. The van der Waals surface area contributed by atoms with Crippen molar-refractivity contribution in [3.05, 3.63) is 42.2 Å². The minimum absolute atomic E-state index is 0.113. The van der Waals surface area contributed by atoms with Crippen LogP contribution in [0.2, 0.25) is 0 Å². The van der Waals surface area contributed by atoms with Gasteiger partial charge in [0.1, 0.15) is 17.2 Å². The van der Waals surface area contributed by atoms with Crippen LogP contribution in [0.15, 0.2) is 36.5 Å². The van der Waals surface area contributed by atoms with Crippen LogP contribution in [0.3, 0.4) is 0 Å². The summed E-state index contributed by atoms with van der Waals surface area (Å²) < 4.78 is 36.6. The number of aromatic nitrogens is 3. The summed E-state index contributed by atoms with van der Waals surface area (Å²) in [5.41, 5.74) is 1.34. The van der Waals surface area contributed by atoms with Gasteiger partial charge in [-0.05, 0) is 51.1 Å². The van der Waals surface area contributed by atoms with Gasteiger partial charge in [-0.1, -0.05) is 11.3 Å². The Balaban J connectivity index is 1.67. The molecule has 10 heteroatoms. The van der Waals surface area contributed by atoms with Crippen LogP contribution in [0.4, 0.5) is 0 Å². The summed E-state index contributed by atoms with van der Waals surface area (Å²) in [5, 5.41) is 7.58. The fourth-order valence-corrected chi connectivity index (χ4v) is 3.97. The molecule has 0 saturated carbocycles. The maximum atomic E-state index is 11.4. The van der Waals surface area contributed by atoms with Gasteiger partial charge in [-0.2, -0.15) is 5.10 Å². The van der Waals surface area contributed by atoms with Gasteiger partial charge in [-0.3, -0.25) is 5.10 Å². The molecule has 0 radical (unpaired) electrons. The van der Waals surface area contributed by atoms with Crippen LogP contribution in [0, 0.1) is 0 Å². The van der Waals surface area contributed by atoms with Gasteiger partial charge in [-0.25, -0.2) is 18.1 Å². The predicted octanol–water partition coefficient (Wildman–Crippen LogP) is 3.72. The molecule has 3 aromatic rings. The Morgan fingerprint density at radius 3 is 2.46 bits per heavy atom. The van der Waals surface area contributed by atoms with E-state index in [1.54, 1.807) is 19.2 Å². The lowest BCUT2D eigenvalue weighted by molar-refractivity contribution is 0.242. The Morgan fingerprint density at radius 2 is 1.82 bits per heavy atom. The SMILES string of the molecule is CC(C)Oc1ccc(Oc2ncc(-c3cc(C(C)NS(C)(=O)=O)[nH]n3)s2)cc1. The molecule has 0 fully saturated rings. The first-order valence-corrected chi connectivity index (χ1v) is 11.3. The van der Waals surface area contributed by atoms with Crippen molar-refractivity contribution in [3.8, 4) is 27.3 Å². The molecule has 0 amide bonds. The first-order valence-electron chi connectivity index (χ1n) is 8.63. The fraction of sp³-hybridized carbons (Fsp3) is 0.333. The van der Waals surface area contributed by atoms with E-state index in [-0.39, 0.29) is 6.10 Å². The molecule has 2 heterocycles. The summed E-state index contributed by atoms with van der Waals surface area (Å²) in [4.78, 5) is 5.08. The quantitative estimate of drug-likeness (QED) is 0.573. The molecule has 3 rings (SSSR count). The summed E-state index contributed by atoms with van der Waals surface area (Å²) in [5.74, 6) is 1.44. The molecule has 0 saturated heterocycles. The third kappa shape index (κ3) is 5.54. The Labute approximate surface area is 168 Å². The molecule has 1 atom stereocenters. The molecule has 28 heavy (non-hydrogen) atoms. The number of H-pyrrole nitrogens is 1. The van der Waals surface area contributed by atoms with Gasteiger partial charge in [0.25, 0.3) is 5.19 Å². The average Bonchev–Trinajstić information content (AvgIpc) is 3.24. The molecule has 0 aliphatic rings. The second-order valence-electron chi connectivity index (χ2n) is 6.55. The zero-order valence-corrected chi connectivity index (χ0v) is 17.6. The summed E-state index contributed by atoms with van der Waals surface area (Å²) >= 11 is 1.35. The van der Waals surface area contributed by atoms with Crippen LogP contribution < -0.4 is 14.2 Å². The lowest BCUT2D eigenvalue weighted by Crippen LogP contribution is -2.25. The van der Waals surface area contributed by atoms with Crippen molar-refractivity contribution in [1.29, 1.82) is 0 Å². The van der Waals surface area contributed by atoms with Gasteiger partial charge in [0.15, 0.2) is 0 Å². The molecule has 2 N–H and O–H groups in total. The number of aromatic amines is 1. The van der Waals surface area contributed by atoms with Gasteiger partial charge < -0.3 is 9.47 Å². The van der Waals surface area contributed by atoms with Gasteiger partial charge >= 0.3 is 0 Å². The van der Waals surface area contributed by atoms with Crippen LogP contribution in [-0.2, 0) is 10.0 Å². The zero-order valence-electron chi connectivity index (χ0n) is 16.0. The largest absolute Gasteiger partial charge is 0.491 e.